The monoisotopic (exact) mass is 286 g/mol. The number of nitrogens with zero attached hydrogens (tertiary/aromatic N) is 1. The quantitative estimate of drug-likeness (QED) is 0.794. The molecular weight excluding hydrogens is 256 g/mol. The predicted octanol–water partition coefficient (Wildman–Crippen LogP) is 4.72. The SMILES string of the molecule is CC.Cc1c(C)c(C)c2c(c1C)CCC2NC1=NCCC1. The number of amidine groups is 1. The molecule has 0 saturated heterocycles. The summed E-state index contributed by atoms with van der Waals surface area (Å²) in [7, 11) is 0. The number of hydrogen-bond acceptors (Lipinski definition) is 2. The fraction of sp³-hybridized carbons (Fsp3) is 0.632. The first kappa shape index (κ1) is 16.1. The first-order valence-corrected chi connectivity index (χ1v) is 8.48. The minimum absolute atomic E-state index is 0.491. The predicted molar refractivity (Wildman–Crippen MR) is 92.5 cm³/mol. The van der Waals surface area contributed by atoms with Crippen LogP contribution in [0.2, 0.25) is 0 Å². The van der Waals surface area contributed by atoms with Gasteiger partial charge in [0, 0.05) is 13.0 Å². The summed E-state index contributed by atoms with van der Waals surface area (Å²) in [5.74, 6) is 1.23. The summed E-state index contributed by atoms with van der Waals surface area (Å²) in [5.41, 5.74) is 9.11. The lowest BCUT2D eigenvalue weighted by Crippen LogP contribution is -2.26. The molecule has 1 aromatic rings. The third kappa shape index (κ3) is 2.86. The molecule has 0 bridgehead atoms. The maximum Gasteiger partial charge on any atom is 0.0968 e. The van der Waals surface area contributed by atoms with Crippen LogP contribution in [0.5, 0.6) is 0 Å². The van der Waals surface area contributed by atoms with Gasteiger partial charge in [-0.05, 0) is 80.3 Å². The van der Waals surface area contributed by atoms with Gasteiger partial charge in [0.05, 0.1) is 11.9 Å². The van der Waals surface area contributed by atoms with Crippen molar-refractivity contribution in [3.8, 4) is 0 Å². The van der Waals surface area contributed by atoms with Crippen LogP contribution in [0.1, 0.15) is 72.5 Å². The first-order valence-electron chi connectivity index (χ1n) is 8.48. The highest BCUT2D eigenvalue weighted by Gasteiger charge is 2.28. The molecule has 0 spiro atoms. The van der Waals surface area contributed by atoms with Gasteiger partial charge >= 0.3 is 0 Å². The van der Waals surface area contributed by atoms with Crippen molar-refractivity contribution in [2.45, 2.75) is 73.3 Å². The van der Waals surface area contributed by atoms with Gasteiger partial charge in [-0.15, -0.1) is 0 Å². The Morgan fingerprint density at radius 1 is 0.905 bits per heavy atom. The lowest BCUT2D eigenvalue weighted by molar-refractivity contribution is 0.632. The Morgan fingerprint density at radius 3 is 2.19 bits per heavy atom. The van der Waals surface area contributed by atoms with E-state index in [1.54, 1.807) is 11.1 Å². The molecule has 2 aliphatic rings. The highest BCUT2D eigenvalue weighted by molar-refractivity contribution is 5.84. The number of hydrogen-bond donors (Lipinski definition) is 1. The zero-order chi connectivity index (χ0) is 15.6. The second kappa shape index (κ2) is 6.64. The van der Waals surface area contributed by atoms with Crippen molar-refractivity contribution < 1.29 is 0 Å². The molecular formula is C19H30N2. The molecule has 0 amide bonds. The number of aliphatic imine (C=N–C) groups is 1. The van der Waals surface area contributed by atoms with Gasteiger partial charge in [0.1, 0.15) is 0 Å². The van der Waals surface area contributed by atoms with Crippen molar-refractivity contribution in [1.29, 1.82) is 0 Å². The summed E-state index contributed by atoms with van der Waals surface area (Å²) in [6.45, 7) is 14.1. The molecule has 0 fully saturated rings. The first-order chi connectivity index (χ1) is 10.1. The van der Waals surface area contributed by atoms with E-state index in [1.807, 2.05) is 13.8 Å². The van der Waals surface area contributed by atoms with E-state index >= 15 is 0 Å². The standard InChI is InChI=1S/C17H24N2.C2H6/c1-10-11(2)13(4)17-14(12(10)3)7-8-15(17)19-16-6-5-9-18-16;1-2/h15H,5-9H2,1-4H3,(H,18,19);1-2H3. The molecule has 1 aliphatic heterocycles. The zero-order valence-corrected chi connectivity index (χ0v) is 14.6. The maximum atomic E-state index is 4.57. The fourth-order valence-electron chi connectivity index (χ4n) is 3.65. The van der Waals surface area contributed by atoms with Crippen LogP contribution in [0, 0.1) is 27.7 Å². The zero-order valence-electron chi connectivity index (χ0n) is 14.6. The van der Waals surface area contributed by atoms with Crippen molar-refractivity contribution in [2.24, 2.45) is 4.99 Å². The number of nitrogens with one attached hydrogen (secondary N) is 1. The van der Waals surface area contributed by atoms with E-state index in [4.69, 9.17) is 0 Å². The maximum absolute atomic E-state index is 4.57. The number of fused-ring (bicyclic) bond motifs is 1. The highest BCUT2D eigenvalue weighted by atomic mass is 15.0. The summed E-state index contributed by atoms with van der Waals surface area (Å²) in [6, 6.07) is 0.491. The van der Waals surface area contributed by atoms with Crippen molar-refractivity contribution in [1.82, 2.24) is 5.32 Å². The highest BCUT2D eigenvalue weighted by Crippen LogP contribution is 2.39. The molecule has 0 saturated carbocycles. The van der Waals surface area contributed by atoms with E-state index < -0.39 is 0 Å². The Balaban J connectivity index is 0.000000774. The van der Waals surface area contributed by atoms with E-state index in [2.05, 4.69) is 38.0 Å². The molecule has 1 aromatic carbocycles. The minimum Gasteiger partial charge on any atom is -0.367 e. The largest absolute Gasteiger partial charge is 0.367 e. The third-order valence-corrected chi connectivity index (χ3v) is 5.12. The summed E-state index contributed by atoms with van der Waals surface area (Å²) < 4.78 is 0. The van der Waals surface area contributed by atoms with Gasteiger partial charge < -0.3 is 5.32 Å². The molecule has 1 heterocycles. The normalized spacial score (nSPS) is 19.7. The van der Waals surface area contributed by atoms with Gasteiger partial charge in [-0.1, -0.05) is 13.8 Å². The molecule has 2 heteroatoms. The van der Waals surface area contributed by atoms with E-state index in [0.717, 1.165) is 13.0 Å². The Labute approximate surface area is 130 Å². The van der Waals surface area contributed by atoms with Gasteiger partial charge in [0.25, 0.3) is 0 Å². The van der Waals surface area contributed by atoms with Gasteiger partial charge in [0.2, 0.25) is 0 Å². The average molecular weight is 286 g/mol. The Hall–Kier alpha value is -1.31. The van der Waals surface area contributed by atoms with Crippen LogP contribution in [-0.4, -0.2) is 12.4 Å². The van der Waals surface area contributed by atoms with Crippen LogP contribution in [0.4, 0.5) is 0 Å². The molecule has 1 aliphatic carbocycles. The van der Waals surface area contributed by atoms with Crippen molar-refractivity contribution in [3.05, 3.63) is 33.4 Å². The molecule has 21 heavy (non-hydrogen) atoms. The van der Waals surface area contributed by atoms with Crippen molar-refractivity contribution >= 4 is 5.84 Å². The average Bonchev–Trinajstić information content (AvgIpc) is 3.15. The van der Waals surface area contributed by atoms with Crippen LogP contribution in [0.3, 0.4) is 0 Å². The lowest BCUT2D eigenvalue weighted by atomic mass is 9.89. The van der Waals surface area contributed by atoms with Crippen LogP contribution in [-0.2, 0) is 6.42 Å². The summed E-state index contributed by atoms with van der Waals surface area (Å²) in [4.78, 5) is 4.57. The van der Waals surface area contributed by atoms with Gasteiger partial charge in [-0.25, -0.2) is 0 Å². The number of benzene rings is 1. The van der Waals surface area contributed by atoms with E-state index in [1.165, 1.54) is 47.4 Å². The molecule has 0 aromatic heterocycles. The minimum atomic E-state index is 0.491. The van der Waals surface area contributed by atoms with Crippen molar-refractivity contribution in [3.63, 3.8) is 0 Å². The summed E-state index contributed by atoms with van der Waals surface area (Å²) >= 11 is 0. The second-order valence-corrected chi connectivity index (χ2v) is 6.06. The summed E-state index contributed by atoms with van der Waals surface area (Å²) in [6.07, 6.45) is 4.79. The lowest BCUT2D eigenvalue weighted by Gasteiger charge is -2.21. The van der Waals surface area contributed by atoms with Crippen LogP contribution in [0.15, 0.2) is 4.99 Å². The van der Waals surface area contributed by atoms with Crippen LogP contribution >= 0.6 is 0 Å². The smallest absolute Gasteiger partial charge is 0.0968 e. The fourth-order valence-corrected chi connectivity index (χ4v) is 3.65. The van der Waals surface area contributed by atoms with Gasteiger partial charge in [-0.2, -0.15) is 0 Å². The van der Waals surface area contributed by atoms with Crippen molar-refractivity contribution in [2.75, 3.05) is 6.54 Å². The van der Waals surface area contributed by atoms with Gasteiger partial charge in [0.15, 0.2) is 0 Å². The molecule has 1 N–H and O–H groups in total. The number of rotatable bonds is 1. The third-order valence-electron chi connectivity index (χ3n) is 5.12. The second-order valence-electron chi connectivity index (χ2n) is 6.06. The molecule has 116 valence electrons. The van der Waals surface area contributed by atoms with Crippen LogP contribution in [0.25, 0.3) is 0 Å². The van der Waals surface area contributed by atoms with Crippen LogP contribution < -0.4 is 5.32 Å². The van der Waals surface area contributed by atoms with E-state index in [9.17, 15) is 0 Å². The van der Waals surface area contributed by atoms with E-state index in [-0.39, 0.29) is 0 Å². The Morgan fingerprint density at radius 2 is 1.57 bits per heavy atom. The topological polar surface area (TPSA) is 24.4 Å². The molecule has 2 nitrogen and oxygen atoms in total. The summed E-state index contributed by atoms with van der Waals surface area (Å²) in [5, 5.41) is 3.70. The van der Waals surface area contributed by atoms with Gasteiger partial charge in [-0.3, -0.25) is 4.99 Å². The molecule has 1 unspecified atom stereocenters. The Kier molecular flexibility index (Phi) is 5.08. The Bertz CT molecular complexity index is 555. The molecule has 3 rings (SSSR count). The molecule has 1 atom stereocenters. The van der Waals surface area contributed by atoms with E-state index in [0.29, 0.717) is 6.04 Å². The molecule has 0 radical (unpaired) electrons.